The highest BCUT2D eigenvalue weighted by Crippen LogP contribution is 2.15. The number of carbonyl (C=O) groups excluding carboxylic acids is 1. The first-order valence-corrected chi connectivity index (χ1v) is 5.63. The van der Waals surface area contributed by atoms with E-state index in [4.69, 9.17) is 16.7 Å². The molecule has 98 valence electrons. The summed E-state index contributed by atoms with van der Waals surface area (Å²) in [4.78, 5) is 23.8. The van der Waals surface area contributed by atoms with Gasteiger partial charge in [-0.05, 0) is 18.2 Å². The smallest absolute Gasteiger partial charge is 0.308 e. The zero-order valence-electron chi connectivity index (χ0n) is 9.98. The van der Waals surface area contributed by atoms with E-state index in [-0.39, 0.29) is 17.1 Å². The minimum atomic E-state index is -0.994. The Morgan fingerprint density at radius 1 is 1.44 bits per heavy atom. The number of hydrogen-bond acceptors (Lipinski definition) is 2. The third kappa shape index (κ3) is 3.70. The highest BCUT2D eigenvalue weighted by molar-refractivity contribution is 6.31. The average molecular weight is 274 g/mol. The van der Waals surface area contributed by atoms with Crippen LogP contribution in [0.25, 0.3) is 0 Å². The minimum Gasteiger partial charge on any atom is -0.481 e. The number of hydrogen-bond donors (Lipinski definition) is 1. The van der Waals surface area contributed by atoms with Crippen molar-refractivity contribution in [3.63, 3.8) is 0 Å². The largest absolute Gasteiger partial charge is 0.481 e. The zero-order chi connectivity index (χ0) is 13.9. The highest BCUT2D eigenvalue weighted by Gasteiger charge is 2.19. The van der Waals surface area contributed by atoms with Gasteiger partial charge in [-0.15, -0.1) is 0 Å². The van der Waals surface area contributed by atoms with E-state index in [1.807, 2.05) is 0 Å². The number of carboxylic acid groups (broad SMARTS) is 1. The van der Waals surface area contributed by atoms with Crippen molar-refractivity contribution in [1.82, 2.24) is 4.90 Å². The summed E-state index contributed by atoms with van der Waals surface area (Å²) in [7, 11) is 1.46. The first-order chi connectivity index (χ1) is 8.31. The van der Waals surface area contributed by atoms with Crippen molar-refractivity contribution in [2.45, 2.75) is 6.92 Å². The molecule has 1 unspecified atom stereocenters. The molecule has 0 aromatic heterocycles. The van der Waals surface area contributed by atoms with Crippen LogP contribution in [0.4, 0.5) is 4.39 Å². The maximum absolute atomic E-state index is 13.1. The van der Waals surface area contributed by atoms with Gasteiger partial charge in [0.2, 0.25) is 0 Å². The van der Waals surface area contributed by atoms with Crippen LogP contribution in [0.5, 0.6) is 0 Å². The van der Waals surface area contributed by atoms with Crippen molar-refractivity contribution < 1.29 is 19.1 Å². The van der Waals surface area contributed by atoms with Crippen LogP contribution in [0.1, 0.15) is 17.3 Å². The van der Waals surface area contributed by atoms with Crippen molar-refractivity contribution in [2.75, 3.05) is 13.6 Å². The number of halogens is 2. The Labute approximate surface area is 109 Å². The first kappa shape index (κ1) is 14.4. The van der Waals surface area contributed by atoms with E-state index in [1.165, 1.54) is 24.9 Å². The number of amides is 1. The average Bonchev–Trinajstić information content (AvgIpc) is 2.26. The topological polar surface area (TPSA) is 57.6 Å². The Morgan fingerprint density at radius 3 is 2.56 bits per heavy atom. The van der Waals surface area contributed by atoms with Gasteiger partial charge < -0.3 is 10.0 Å². The molecule has 0 aliphatic heterocycles. The van der Waals surface area contributed by atoms with E-state index < -0.39 is 23.6 Å². The van der Waals surface area contributed by atoms with Gasteiger partial charge in [-0.25, -0.2) is 4.39 Å². The predicted molar refractivity (Wildman–Crippen MR) is 65.2 cm³/mol. The second-order valence-corrected chi connectivity index (χ2v) is 4.52. The third-order valence-electron chi connectivity index (χ3n) is 2.43. The lowest BCUT2D eigenvalue weighted by Crippen LogP contribution is -2.33. The fraction of sp³-hybridized carbons (Fsp3) is 0.333. The lowest BCUT2D eigenvalue weighted by Gasteiger charge is -2.19. The van der Waals surface area contributed by atoms with E-state index in [1.54, 1.807) is 0 Å². The molecule has 0 aliphatic rings. The number of benzene rings is 1. The molecule has 1 rings (SSSR count). The number of carbonyl (C=O) groups is 2. The summed E-state index contributed by atoms with van der Waals surface area (Å²) in [5, 5.41) is 8.88. The summed E-state index contributed by atoms with van der Waals surface area (Å²) in [6, 6.07) is 3.50. The second kappa shape index (κ2) is 5.82. The molecule has 0 spiro atoms. The number of carboxylic acids is 1. The molecule has 0 fully saturated rings. The van der Waals surface area contributed by atoms with Gasteiger partial charge in [0, 0.05) is 24.2 Å². The maximum atomic E-state index is 13.1. The molecule has 1 atom stereocenters. The molecule has 0 heterocycles. The Bertz CT molecular complexity index is 458. The predicted octanol–water partition coefficient (Wildman–Crippen LogP) is 2.27. The molecule has 0 saturated heterocycles. The van der Waals surface area contributed by atoms with E-state index >= 15 is 0 Å². The van der Waals surface area contributed by atoms with Gasteiger partial charge in [0.25, 0.3) is 5.91 Å². The molecule has 1 aromatic rings. The lowest BCUT2D eigenvalue weighted by molar-refractivity contribution is -0.141. The van der Waals surface area contributed by atoms with Crippen LogP contribution in [0.15, 0.2) is 18.2 Å². The Kier molecular flexibility index (Phi) is 4.67. The van der Waals surface area contributed by atoms with Crippen LogP contribution in [-0.4, -0.2) is 35.5 Å². The Morgan fingerprint density at radius 2 is 2.06 bits per heavy atom. The quantitative estimate of drug-likeness (QED) is 0.915. The summed E-state index contributed by atoms with van der Waals surface area (Å²) in [5.41, 5.74) is 0.0973. The van der Waals surface area contributed by atoms with Crippen molar-refractivity contribution in [2.24, 2.45) is 5.92 Å². The Balaban J connectivity index is 2.83. The second-order valence-electron chi connectivity index (χ2n) is 4.08. The standard InChI is InChI=1S/C12H13ClFNO3/c1-7(12(17)18)6-15(2)11(16)8-3-9(13)5-10(14)4-8/h3-5,7H,6H2,1-2H3,(H,17,18). The van der Waals surface area contributed by atoms with E-state index in [0.717, 1.165) is 12.1 Å². The Hall–Kier alpha value is -1.62. The van der Waals surface area contributed by atoms with Crippen LogP contribution in [0.3, 0.4) is 0 Å². The molecule has 0 radical (unpaired) electrons. The van der Waals surface area contributed by atoms with Gasteiger partial charge in [-0.2, -0.15) is 0 Å². The maximum Gasteiger partial charge on any atom is 0.308 e. The summed E-state index contributed by atoms with van der Waals surface area (Å²) in [5.74, 6) is -2.76. The zero-order valence-corrected chi connectivity index (χ0v) is 10.7. The summed E-state index contributed by atoms with van der Waals surface area (Å²) in [6.45, 7) is 1.53. The van der Waals surface area contributed by atoms with Gasteiger partial charge in [0.05, 0.1) is 5.92 Å². The number of rotatable bonds is 4. The van der Waals surface area contributed by atoms with Crippen molar-refractivity contribution in [1.29, 1.82) is 0 Å². The summed E-state index contributed by atoms with van der Waals surface area (Å²) >= 11 is 5.65. The molecule has 1 amide bonds. The molecule has 0 saturated carbocycles. The normalized spacial score (nSPS) is 12.0. The van der Waals surface area contributed by atoms with Gasteiger partial charge in [0.15, 0.2) is 0 Å². The number of aliphatic carboxylic acids is 1. The van der Waals surface area contributed by atoms with Crippen LogP contribution in [0, 0.1) is 11.7 Å². The van der Waals surface area contributed by atoms with Crippen LogP contribution in [0.2, 0.25) is 5.02 Å². The molecule has 4 nitrogen and oxygen atoms in total. The van der Waals surface area contributed by atoms with Crippen molar-refractivity contribution in [3.8, 4) is 0 Å². The third-order valence-corrected chi connectivity index (χ3v) is 2.64. The van der Waals surface area contributed by atoms with Crippen molar-refractivity contribution in [3.05, 3.63) is 34.6 Å². The van der Waals surface area contributed by atoms with Gasteiger partial charge in [0.1, 0.15) is 5.82 Å². The molecule has 0 bridgehead atoms. The van der Waals surface area contributed by atoms with Crippen LogP contribution >= 0.6 is 11.6 Å². The van der Waals surface area contributed by atoms with Gasteiger partial charge in [-0.3, -0.25) is 9.59 Å². The molecular weight excluding hydrogens is 261 g/mol. The molecule has 18 heavy (non-hydrogen) atoms. The monoisotopic (exact) mass is 273 g/mol. The van der Waals surface area contributed by atoms with E-state index in [0.29, 0.717) is 0 Å². The summed E-state index contributed by atoms with van der Waals surface area (Å²) < 4.78 is 13.1. The van der Waals surface area contributed by atoms with E-state index in [2.05, 4.69) is 0 Å². The van der Waals surface area contributed by atoms with Crippen molar-refractivity contribution >= 4 is 23.5 Å². The fourth-order valence-electron chi connectivity index (χ4n) is 1.47. The molecule has 1 aromatic carbocycles. The fourth-order valence-corrected chi connectivity index (χ4v) is 1.69. The highest BCUT2D eigenvalue weighted by atomic mass is 35.5. The van der Waals surface area contributed by atoms with Crippen LogP contribution < -0.4 is 0 Å². The van der Waals surface area contributed by atoms with Gasteiger partial charge >= 0.3 is 5.97 Å². The van der Waals surface area contributed by atoms with Gasteiger partial charge in [-0.1, -0.05) is 18.5 Å². The SMILES string of the molecule is CC(CN(C)C(=O)c1cc(F)cc(Cl)c1)C(=O)O. The number of nitrogens with zero attached hydrogens (tertiary/aromatic N) is 1. The minimum absolute atomic E-state index is 0.0439. The molecule has 6 heteroatoms. The summed E-state index contributed by atoms with van der Waals surface area (Å²) in [6.07, 6.45) is 0. The van der Waals surface area contributed by atoms with E-state index in [9.17, 15) is 14.0 Å². The van der Waals surface area contributed by atoms with Crippen LogP contribution in [-0.2, 0) is 4.79 Å². The molecular formula is C12H13ClFNO3. The molecule has 0 aliphatic carbocycles. The molecule has 1 N–H and O–H groups in total. The first-order valence-electron chi connectivity index (χ1n) is 5.25. The lowest BCUT2D eigenvalue weighted by atomic mass is 10.1.